The third-order valence-corrected chi connectivity index (χ3v) is 4.98. The number of aryl methyl sites for hydroxylation is 1. The average Bonchev–Trinajstić information content (AvgIpc) is 2.67. The fourth-order valence-electron chi connectivity index (χ4n) is 3.58. The van der Waals surface area contributed by atoms with E-state index in [-0.39, 0.29) is 12.3 Å². The first-order valence-corrected chi connectivity index (χ1v) is 8.79. The standard InChI is InChI=1S/C21H23NO5/c1-13-4-7-15(8-5-13)22-19(23)11-9-16(21(24)25)20(22)14-6-10-17(26-2)18(12-14)27-3/h4-8,10,12,16,20H,9,11H2,1-3H3,(H,24,25)/t16-,20-/m1/s1. The molecule has 0 spiro atoms. The Morgan fingerprint density at radius 1 is 1.07 bits per heavy atom. The zero-order valence-electron chi connectivity index (χ0n) is 15.6. The molecule has 1 N–H and O–H groups in total. The first-order valence-electron chi connectivity index (χ1n) is 8.79. The maximum atomic E-state index is 12.8. The van der Waals surface area contributed by atoms with Crippen molar-refractivity contribution in [1.29, 1.82) is 0 Å². The minimum Gasteiger partial charge on any atom is -0.493 e. The number of carbonyl (C=O) groups excluding carboxylic acids is 1. The van der Waals surface area contributed by atoms with Crippen molar-refractivity contribution in [2.45, 2.75) is 25.8 Å². The second kappa shape index (κ2) is 7.70. The van der Waals surface area contributed by atoms with Crippen LogP contribution in [-0.2, 0) is 9.59 Å². The Morgan fingerprint density at radius 2 is 1.74 bits per heavy atom. The summed E-state index contributed by atoms with van der Waals surface area (Å²) >= 11 is 0. The number of ether oxygens (including phenoxy) is 2. The quantitative estimate of drug-likeness (QED) is 0.872. The van der Waals surface area contributed by atoms with Crippen molar-refractivity contribution in [3.8, 4) is 11.5 Å². The van der Waals surface area contributed by atoms with Crippen LogP contribution in [0, 0.1) is 12.8 Å². The predicted octanol–water partition coefficient (Wildman–Crippen LogP) is 3.58. The van der Waals surface area contributed by atoms with E-state index in [0.717, 1.165) is 5.56 Å². The summed E-state index contributed by atoms with van der Waals surface area (Å²) in [5.74, 6) is -0.657. The van der Waals surface area contributed by atoms with Crippen molar-refractivity contribution in [3.05, 3.63) is 53.6 Å². The predicted molar refractivity (Wildman–Crippen MR) is 101 cm³/mol. The monoisotopic (exact) mass is 369 g/mol. The van der Waals surface area contributed by atoms with Gasteiger partial charge in [-0.05, 0) is 43.2 Å². The molecule has 0 aliphatic carbocycles. The number of hydrogen-bond acceptors (Lipinski definition) is 4. The Balaban J connectivity index is 2.13. The van der Waals surface area contributed by atoms with Crippen LogP contribution in [0.15, 0.2) is 42.5 Å². The number of nitrogens with zero attached hydrogens (tertiary/aromatic N) is 1. The van der Waals surface area contributed by atoms with Gasteiger partial charge in [-0.15, -0.1) is 0 Å². The van der Waals surface area contributed by atoms with Crippen LogP contribution in [-0.4, -0.2) is 31.2 Å². The number of rotatable bonds is 5. The summed E-state index contributed by atoms with van der Waals surface area (Å²) in [6.07, 6.45) is 0.504. The van der Waals surface area contributed by atoms with Gasteiger partial charge in [0, 0.05) is 12.1 Å². The number of benzene rings is 2. The third kappa shape index (κ3) is 3.60. The maximum Gasteiger partial charge on any atom is 0.308 e. The van der Waals surface area contributed by atoms with E-state index in [4.69, 9.17) is 9.47 Å². The molecule has 0 unspecified atom stereocenters. The molecule has 2 atom stereocenters. The molecule has 3 rings (SSSR count). The number of carboxylic acids is 1. The molecule has 1 aliphatic heterocycles. The Kier molecular flexibility index (Phi) is 5.35. The summed E-state index contributed by atoms with van der Waals surface area (Å²) < 4.78 is 10.6. The SMILES string of the molecule is COc1ccc([C@@H]2[C@H](C(=O)O)CCC(=O)N2c2ccc(C)cc2)cc1OC. The number of methoxy groups -OCH3 is 2. The Hall–Kier alpha value is -3.02. The number of aliphatic carboxylic acids is 1. The van der Waals surface area contributed by atoms with Gasteiger partial charge < -0.3 is 19.5 Å². The highest BCUT2D eigenvalue weighted by atomic mass is 16.5. The lowest BCUT2D eigenvalue weighted by Gasteiger charge is -2.40. The molecule has 1 heterocycles. The van der Waals surface area contributed by atoms with Crippen LogP contribution >= 0.6 is 0 Å². The molecule has 27 heavy (non-hydrogen) atoms. The van der Waals surface area contributed by atoms with E-state index >= 15 is 0 Å². The molecule has 0 radical (unpaired) electrons. The molecule has 1 aliphatic rings. The number of amides is 1. The van der Waals surface area contributed by atoms with E-state index in [1.807, 2.05) is 31.2 Å². The Labute approximate surface area is 158 Å². The van der Waals surface area contributed by atoms with Crippen molar-refractivity contribution in [2.24, 2.45) is 5.92 Å². The molecule has 0 bridgehead atoms. The van der Waals surface area contributed by atoms with Crippen molar-refractivity contribution in [1.82, 2.24) is 0 Å². The van der Waals surface area contributed by atoms with E-state index in [1.165, 1.54) is 7.11 Å². The highest BCUT2D eigenvalue weighted by molar-refractivity contribution is 5.96. The minimum atomic E-state index is -0.917. The summed E-state index contributed by atoms with van der Waals surface area (Å²) in [4.78, 5) is 26.3. The molecule has 1 amide bonds. The van der Waals surface area contributed by atoms with Crippen LogP contribution in [0.2, 0.25) is 0 Å². The minimum absolute atomic E-state index is 0.0869. The van der Waals surface area contributed by atoms with Crippen LogP contribution < -0.4 is 14.4 Å². The summed E-state index contributed by atoms with van der Waals surface area (Å²) in [5, 5.41) is 9.80. The van der Waals surface area contributed by atoms with E-state index in [2.05, 4.69) is 0 Å². The summed E-state index contributed by atoms with van der Waals surface area (Å²) in [6, 6.07) is 12.2. The third-order valence-electron chi connectivity index (χ3n) is 4.98. The largest absolute Gasteiger partial charge is 0.493 e. The van der Waals surface area contributed by atoms with Gasteiger partial charge in [0.2, 0.25) is 5.91 Å². The normalized spacial score (nSPS) is 19.7. The maximum absolute atomic E-state index is 12.8. The molecule has 2 aromatic rings. The van der Waals surface area contributed by atoms with Gasteiger partial charge in [-0.25, -0.2) is 0 Å². The lowest BCUT2D eigenvalue weighted by Crippen LogP contribution is -2.45. The van der Waals surface area contributed by atoms with Gasteiger partial charge in [0.05, 0.1) is 26.2 Å². The van der Waals surface area contributed by atoms with Gasteiger partial charge >= 0.3 is 5.97 Å². The molecule has 6 heteroatoms. The van der Waals surface area contributed by atoms with Gasteiger partial charge in [0.15, 0.2) is 11.5 Å². The van der Waals surface area contributed by atoms with E-state index in [9.17, 15) is 14.7 Å². The molecule has 0 saturated carbocycles. The second-order valence-corrected chi connectivity index (χ2v) is 6.64. The van der Waals surface area contributed by atoms with Gasteiger partial charge in [0.25, 0.3) is 0 Å². The first-order chi connectivity index (χ1) is 13.0. The summed E-state index contributed by atoms with van der Waals surface area (Å²) in [7, 11) is 3.07. The van der Waals surface area contributed by atoms with E-state index < -0.39 is 17.9 Å². The van der Waals surface area contributed by atoms with Crippen LogP contribution in [0.3, 0.4) is 0 Å². The number of carboxylic acid groups (broad SMARTS) is 1. The lowest BCUT2D eigenvalue weighted by atomic mass is 9.83. The fourth-order valence-corrected chi connectivity index (χ4v) is 3.58. The smallest absolute Gasteiger partial charge is 0.308 e. The molecule has 0 aromatic heterocycles. The Bertz CT molecular complexity index is 846. The summed E-state index contributed by atoms with van der Waals surface area (Å²) in [5.41, 5.74) is 2.46. The van der Waals surface area contributed by atoms with Crippen LogP contribution in [0.5, 0.6) is 11.5 Å². The molecular formula is C21H23NO5. The molecule has 2 aromatic carbocycles. The van der Waals surface area contributed by atoms with Crippen molar-refractivity contribution in [3.63, 3.8) is 0 Å². The highest BCUT2D eigenvalue weighted by Gasteiger charge is 2.41. The van der Waals surface area contributed by atoms with Crippen molar-refractivity contribution < 1.29 is 24.2 Å². The van der Waals surface area contributed by atoms with Gasteiger partial charge in [-0.3, -0.25) is 9.59 Å². The zero-order chi connectivity index (χ0) is 19.6. The van der Waals surface area contributed by atoms with E-state index in [1.54, 1.807) is 30.2 Å². The number of hydrogen-bond donors (Lipinski definition) is 1. The average molecular weight is 369 g/mol. The Morgan fingerprint density at radius 3 is 2.33 bits per heavy atom. The van der Waals surface area contributed by atoms with E-state index in [0.29, 0.717) is 29.2 Å². The number of piperidine rings is 1. The first kappa shape index (κ1) is 18.8. The van der Waals surface area contributed by atoms with Crippen LogP contribution in [0.4, 0.5) is 5.69 Å². The van der Waals surface area contributed by atoms with Gasteiger partial charge in [-0.1, -0.05) is 23.8 Å². The molecular weight excluding hydrogens is 346 g/mol. The second-order valence-electron chi connectivity index (χ2n) is 6.64. The number of anilines is 1. The molecule has 1 fully saturated rings. The van der Waals surface area contributed by atoms with Crippen molar-refractivity contribution in [2.75, 3.05) is 19.1 Å². The van der Waals surface area contributed by atoms with Crippen molar-refractivity contribution >= 4 is 17.6 Å². The van der Waals surface area contributed by atoms with Gasteiger partial charge in [0.1, 0.15) is 0 Å². The number of carbonyl (C=O) groups is 2. The summed E-state index contributed by atoms with van der Waals surface area (Å²) in [6.45, 7) is 1.97. The zero-order valence-corrected chi connectivity index (χ0v) is 15.6. The van der Waals surface area contributed by atoms with Crippen LogP contribution in [0.25, 0.3) is 0 Å². The topological polar surface area (TPSA) is 76.1 Å². The fraction of sp³-hybridized carbons (Fsp3) is 0.333. The lowest BCUT2D eigenvalue weighted by molar-refractivity contribution is -0.144. The van der Waals surface area contributed by atoms with Gasteiger partial charge in [-0.2, -0.15) is 0 Å². The molecule has 1 saturated heterocycles. The molecule has 142 valence electrons. The van der Waals surface area contributed by atoms with Crippen LogP contribution in [0.1, 0.15) is 30.0 Å². The highest BCUT2D eigenvalue weighted by Crippen LogP contribution is 2.42. The molecule has 6 nitrogen and oxygen atoms in total.